The van der Waals surface area contributed by atoms with Gasteiger partial charge in [0.05, 0.1) is 58.3 Å². The van der Waals surface area contributed by atoms with Crippen LogP contribution in [0.1, 0.15) is 45.7 Å². The molecule has 1 aliphatic heterocycles. The van der Waals surface area contributed by atoms with E-state index >= 15 is 0 Å². The van der Waals surface area contributed by atoms with Crippen LogP contribution in [0.2, 0.25) is 0 Å². The van der Waals surface area contributed by atoms with Crippen LogP contribution < -0.4 is 4.74 Å². The molecule has 3 atom stereocenters. The van der Waals surface area contributed by atoms with Gasteiger partial charge in [-0.1, -0.05) is 116 Å². The van der Waals surface area contributed by atoms with Crippen molar-refractivity contribution in [2.75, 3.05) is 26.3 Å². The smallest absolute Gasteiger partial charge is 0.407 e. The molecule has 7 nitrogen and oxygen atoms in total. The Morgan fingerprint density at radius 3 is 1.74 bits per heavy atom. The average molecular weight is 634 g/mol. The lowest BCUT2D eigenvalue weighted by Crippen LogP contribution is -2.54. The highest BCUT2D eigenvalue weighted by Crippen LogP contribution is 2.35. The first-order valence-electron chi connectivity index (χ1n) is 16.0. The highest BCUT2D eigenvalue weighted by molar-refractivity contribution is 5.65. The summed E-state index contributed by atoms with van der Waals surface area (Å²) < 4.78 is 24.8. The molecule has 1 N–H and O–H groups in total. The van der Waals surface area contributed by atoms with E-state index in [0.717, 1.165) is 45.6 Å². The summed E-state index contributed by atoms with van der Waals surface area (Å²) in [4.78, 5) is 13.6. The quantitative estimate of drug-likeness (QED) is 0.125. The third-order valence-electron chi connectivity index (χ3n) is 8.31. The number of carbonyl (C=O) groups is 1. The Hall–Kier alpha value is -4.69. The summed E-state index contributed by atoms with van der Waals surface area (Å²) in [6.45, 7) is 10.5. The first-order chi connectivity index (χ1) is 23.0. The van der Waals surface area contributed by atoms with Gasteiger partial charge >= 0.3 is 6.09 Å². The van der Waals surface area contributed by atoms with Crippen LogP contribution in [0.4, 0.5) is 4.79 Å². The van der Waals surface area contributed by atoms with Gasteiger partial charge in [0.2, 0.25) is 0 Å². The zero-order chi connectivity index (χ0) is 32.8. The van der Waals surface area contributed by atoms with Crippen molar-refractivity contribution in [3.8, 4) is 5.75 Å². The molecular formula is C40H43NO6. The second kappa shape index (κ2) is 17.3. The average Bonchev–Trinajstić information content (AvgIpc) is 3.12. The summed E-state index contributed by atoms with van der Waals surface area (Å²) in [5.74, 6) is 0.560. The zero-order valence-electron chi connectivity index (χ0n) is 26.7. The molecule has 0 unspecified atom stereocenters. The SMILES string of the molecule is C=Cc1ccc(CO[C@H]2CN(C(=O)O)C[C@@H](OCc3ccc(C=C)cc3)[C@H]2c2ccc(OCCCOCc3ccccc3)cc2)cc1. The maximum atomic E-state index is 12.2. The van der Waals surface area contributed by atoms with Gasteiger partial charge < -0.3 is 29.0 Å². The molecular weight excluding hydrogens is 590 g/mol. The predicted molar refractivity (Wildman–Crippen MR) is 185 cm³/mol. The Morgan fingerprint density at radius 2 is 1.23 bits per heavy atom. The maximum Gasteiger partial charge on any atom is 0.407 e. The number of ether oxygens (including phenoxy) is 4. The van der Waals surface area contributed by atoms with E-state index in [1.165, 1.54) is 4.90 Å². The number of hydrogen-bond acceptors (Lipinski definition) is 5. The Kier molecular flexibility index (Phi) is 12.4. The van der Waals surface area contributed by atoms with Crippen molar-refractivity contribution in [1.82, 2.24) is 4.90 Å². The molecule has 0 aliphatic carbocycles. The minimum Gasteiger partial charge on any atom is -0.494 e. The van der Waals surface area contributed by atoms with Crippen LogP contribution >= 0.6 is 0 Å². The number of hydrogen-bond donors (Lipinski definition) is 1. The fourth-order valence-corrected chi connectivity index (χ4v) is 5.68. The lowest BCUT2D eigenvalue weighted by Gasteiger charge is -2.42. The number of likely N-dealkylation sites (tertiary alicyclic amines) is 1. The number of rotatable bonds is 16. The summed E-state index contributed by atoms with van der Waals surface area (Å²) >= 11 is 0. The van der Waals surface area contributed by atoms with Gasteiger partial charge in [-0.3, -0.25) is 0 Å². The lowest BCUT2D eigenvalue weighted by atomic mass is 9.84. The summed E-state index contributed by atoms with van der Waals surface area (Å²) in [5.41, 5.74) is 6.21. The number of nitrogens with zero attached hydrogens (tertiary/aromatic N) is 1. The second-order valence-electron chi connectivity index (χ2n) is 11.6. The number of benzene rings is 4. The topological polar surface area (TPSA) is 77.5 Å². The van der Waals surface area contributed by atoms with Crippen molar-refractivity contribution in [3.63, 3.8) is 0 Å². The van der Waals surface area contributed by atoms with Gasteiger partial charge in [-0.05, 0) is 45.5 Å². The molecule has 1 amide bonds. The van der Waals surface area contributed by atoms with Crippen LogP contribution in [0.5, 0.6) is 5.75 Å². The first-order valence-corrected chi connectivity index (χ1v) is 16.0. The van der Waals surface area contributed by atoms with Crippen LogP contribution in [0.25, 0.3) is 12.2 Å². The number of amides is 1. The summed E-state index contributed by atoms with van der Waals surface area (Å²) in [6.07, 6.45) is 2.52. The molecule has 0 bridgehead atoms. The van der Waals surface area contributed by atoms with E-state index in [-0.39, 0.29) is 19.0 Å². The van der Waals surface area contributed by atoms with Crippen molar-refractivity contribution in [1.29, 1.82) is 0 Å². The van der Waals surface area contributed by atoms with Crippen LogP contribution in [0.3, 0.4) is 0 Å². The van der Waals surface area contributed by atoms with Crippen LogP contribution in [-0.2, 0) is 34.0 Å². The molecule has 0 aromatic heterocycles. The second-order valence-corrected chi connectivity index (χ2v) is 11.6. The number of piperidine rings is 1. The fraction of sp³-hybridized carbons (Fsp3) is 0.275. The molecule has 4 aromatic rings. The molecule has 244 valence electrons. The monoisotopic (exact) mass is 633 g/mol. The minimum atomic E-state index is -0.993. The molecule has 0 radical (unpaired) electrons. The molecule has 1 aliphatic rings. The molecule has 7 heteroatoms. The van der Waals surface area contributed by atoms with Crippen LogP contribution in [0.15, 0.2) is 116 Å². The van der Waals surface area contributed by atoms with Crippen molar-refractivity contribution in [2.45, 2.75) is 44.4 Å². The lowest BCUT2D eigenvalue weighted by molar-refractivity contribution is -0.0937. The van der Waals surface area contributed by atoms with E-state index < -0.39 is 18.3 Å². The normalized spacial score (nSPS) is 17.6. The molecule has 47 heavy (non-hydrogen) atoms. The largest absolute Gasteiger partial charge is 0.494 e. The standard InChI is InChI=1S/C40H43NO6/c1-3-30-11-15-33(16-12-30)28-46-37-25-41(40(42)43)26-38(47-29-34-17-13-31(4-2)14-18-34)39(37)35-19-21-36(22-20-35)45-24-8-23-44-27-32-9-6-5-7-10-32/h3-7,9-22,37-39H,1-2,8,23-29H2,(H,42,43)/t37-,38+,39-. The van der Waals surface area contributed by atoms with E-state index in [4.69, 9.17) is 18.9 Å². The molecule has 1 heterocycles. The van der Waals surface area contributed by atoms with Gasteiger partial charge in [0, 0.05) is 12.3 Å². The van der Waals surface area contributed by atoms with Crippen LogP contribution in [-0.4, -0.2) is 54.6 Å². The van der Waals surface area contributed by atoms with E-state index in [1.807, 2.05) is 91.0 Å². The first kappa shape index (κ1) is 33.7. The van der Waals surface area contributed by atoms with Gasteiger partial charge in [-0.2, -0.15) is 0 Å². The Morgan fingerprint density at radius 1 is 0.702 bits per heavy atom. The molecule has 0 spiro atoms. The third-order valence-corrected chi connectivity index (χ3v) is 8.31. The van der Waals surface area contributed by atoms with E-state index in [1.54, 1.807) is 12.2 Å². The highest BCUT2D eigenvalue weighted by Gasteiger charge is 2.41. The summed E-state index contributed by atoms with van der Waals surface area (Å²) in [7, 11) is 0. The Labute approximate surface area is 277 Å². The minimum absolute atomic E-state index is 0.203. The Bertz CT molecular complexity index is 1490. The molecule has 4 aromatic carbocycles. The van der Waals surface area contributed by atoms with Crippen molar-refractivity contribution < 1.29 is 28.8 Å². The fourth-order valence-electron chi connectivity index (χ4n) is 5.68. The predicted octanol–water partition coefficient (Wildman–Crippen LogP) is 8.21. The van der Waals surface area contributed by atoms with Gasteiger partial charge in [0.15, 0.2) is 0 Å². The van der Waals surface area contributed by atoms with Crippen LogP contribution in [0, 0.1) is 0 Å². The molecule has 1 fully saturated rings. The van der Waals surface area contributed by atoms with E-state index in [9.17, 15) is 9.90 Å². The van der Waals surface area contributed by atoms with Crippen molar-refractivity contribution in [3.05, 3.63) is 150 Å². The molecule has 5 rings (SSSR count). The molecule has 1 saturated heterocycles. The molecule has 0 saturated carbocycles. The summed E-state index contributed by atoms with van der Waals surface area (Å²) in [6, 6.07) is 34.1. The third kappa shape index (κ3) is 9.90. The van der Waals surface area contributed by atoms with Crippen molar-refractivity contribution >= 4 is 18.2 Å². The van der Waals surface area contributed by atoms with Crippen molar-refractivity contribution in [2.24, 2.45) is 0 Å². The zero-order valence-corrected chi connectivity index (χ0v) is 26.7. The summed E-state index contributed by atoms with van der Waals surface area (Å²) in [5, 5.41) is 10.0. The van der Waals surface area contributed by atoms with Gasteiger partial charge in [0.1, 0.15) is 5.75 Å². The van der Waals surface area contributed by atoms with Gasteiger partial charge in [-0.15, -0.1) is 0 Å². The van der Waals surface area contributed by atoms with Gasteiger partial charge in [-0.25, -0.2) is 4.79 Å². The van der Waals surface area contributed by atoms with Gasteiger partial charge in [0.25, 0.3) is 0 Å². The van der Waals surface area contributed by atoms with E-state index in [0.29, 0.717) is 33.0 Å². The Balaban J connectivity index is 1.27. The number of carboxylic acid groups (broad SMARTS) is 1. The maximum absolute atomic E-state index is 12.2. The highest BCUT2D eigenvalue weighted by atomic mass is 16.5. The van der Waals surface area contributed by atoms with E-state index in [2.05, 4.69) is 25.3 Å².